The number of nitrogens with two attached hydrogens (primary N) is 1. The van der Waals surface area contributed by atoms with E-state index >= 15 is 0 Å². The number of hydrogen-bond donors (Lipinski definition) is 2. The van der Waals surface area contributed by atoms with Gasteiger partial charge in [-0.1, -0.05) is 0 Å². The molecule has 0 spiro atoms. The van der Waals surface area contributed by atoms with Gasteiger partial charge in [0.15, 0.2) is 0 Å². The predicted molar refractivity (Wildman–Crippen MR) is 69.1 cm³/mol. The fraction of sp³-hybridized carbons (Fsp3) is 0.308. The van der Waals surface area contributed by atoms with E-state index in [4.69, 9.17) is 15.3 Å². The Bertz CT molecular complexity index is 697. The van der Waals surface area contributed by atoms with Crippen LogP contribution >= 0.6 is 0 Å². The third kappa shape index (κ3) is 1.68. The molecule has 18 heavy (non-hydrogen) atoms. The maximum Gasteiger partial charge on any atom is 0.136 e. The molecule has 0 aliphatic heterocycles. The van der Waals surface area contributed by atoms with E-state index in [9.17, 15) is 0 Å². The highest BCUT2D eigenvalue weighted by Crippen LogP contribution is 2.28. The zero-order valence-corrected chi connectivity index (χ0v) is 10.1. The molecular formula is C13H15N3O2. The maximum absolute atomic E-state index is 9.14. The highest BCUT2D eigenvalue weighted by atomic mass is 16.4. The lowest BCUT2D eigenvalue weighted by Gasteiger charge is -2.06. The van der Waals surface area contributed by atoms with Crippen LogP contribution in [-0.2, 0) is 13.2 Å². The van der Waals surface area contributed by atoms with Crippen molar-refractivity contribution in [1.82, 2.24) is 9.78 Å². The van der Waals surface area contributed by atoms with E-state index in [-0.39, 0.29) is 12.6 Å². The zero-order valence-electron chi connectivity index (χ0n) is 10.1. The Morgan fingerprint density at radius 3 is 3.06 bits per heavy atom. The fourth-order valence-corrected chi connectivity index (χ4v) is 2.24. The molecule has 0 bridgehead atoms. The molecule has 1 aromatic carbocycles. The third-order valence-electron chi connectivity index (χ3n) is 2.97. The highest BCUT2D eigenvalue weighted by Gasteiger charge is 2.12. The Kier molecular flexibility index (Phi) is 2.57. The Morgan fingerprint density at radius 2 is 2.33 bits per heavy atom. The SMILES string of the molecule is C[C@H](N)Cn1ncc2ccc3oc(CO)cc3c21. The van der Waals surface area contributed by atoms with Crippen molar-refractivity contribution in [3.8, 4) is 0 Å². The minimum Gasteiger partial charge on any atom is -0.459 e. The quantitative estimate of drug-likeness (QED) is 0.735. The minimum absolute atomic E-state index is 0.0348. The Hall–Kier alpha value is -1.85. The first-order valence-electron chi connectivity index (χ1n) is 5.92. The fourth-order valence-electron chi connectivity index (χ4n) is 2.24. The second-order valence-electron chi connectivity index (χ2n) is 4.59. The van der Waals surface area contributed by atoms with Gasteiger partial charge in [0.2, 0.25) is 0 Å². The largest absolute Gasteiger partial charge is 0.459 e. The van der Waals surface area contributed by atoms with Crippen LogP contribution in [0.3, 0.4) is 0 Å². The topological polar surface area (TPSA) is 77.2 Å². The van der Waals surface area contributed by atoms with Crippen molar-refractivity contribution in [2.45, 2.75) is 26.1 Å². The Labute approximate surface area is 104 Å². The molecule has 0 aliphatic rings. The van der Waals surface area contributed by atoms with Gasteiger partial charge in [0.05, 0.1) is 18.3 Å². The van der Waals surface area contributed by atoms with E-state index in [1.165, 1.54) is 0 Å². The summed E-state index contributed by atoms with van der Waals surface area (Å²) in [4.78, 5) is 0. The molecule has 3 aromatic rings. The average molecular weight is 245 g/mol. The molecule has 1 atom stereocenters. The molecule has 0 unspecified atom stereocenters. The normalized spacial score (nSPS) is 13.5. The van der Waals surface area contributed by atoms with Gasteiger partial charge in [0.25, 0.3) is 0 Å². The summed E-state index contributed by atoms with van der Waals surface area (Å²) in [5.41, 5.74) is 7.60. The molecule has 0 saturated heterocycles. The van der Waals surface area contributed by atoms with Gasteiger partial charge in [0, 0.05) is 16.8 Å². The summed E-state index contributed by atoms with van der Waals surface area (Å²) in [7, 11) is 0. The second-order valence-corrected chi connectivity index (χ2v) is 4.59. The highest BCUT2D eigenvalue weighted by molar-refractivity contribution is 6.03. The van der Waals surface area contributed by atoms with Gasteiger partial charge in [0.1, 0.15) is 18.0 Å². The molecule has 2 heterocycles. The predicted octanol–water partition coefficient (Wildman–Crippen LogP) is 1.62. The smallest absolute Gasteiger partial charge is 0.136 e. The third-order valence-corrected chi connectivity index (χ3v) is 2.97. The van der Waals surface area contributed by atoms with Crippen LogP contribution in [0.15, 0.2) is 28.8 Å². The maximum atomic E-state index is 9.14. The molecule has 2 aromatic heterocycles. The molecule has 94 valence electrons. The lowest BCUT2D eigenvalue weighted by atomic mass is 10.2. The number of aromatic nitrogens is 2. The molecule has 5 heteroatoms. The molecule has 0 fully saturated rings. The summed E-state index contributed by atoms with van der Waals surface area (Å²) < 4.78 is 7.42. The van der Waals surface area contributed by atoms with Crippen LogP contribution in [0.5, 0.6) is 0 Å². The van der Waals surface area contributed by atoms with E-state index < -0.39 is 0 Å². The van der Waals surface area contributed by atoms with Crippen LogP contribution in [0, 0.1) is 0 Å². The van der Waals surface area contributed by atoms with Gasteiger partial charge in [-0.2, -0.15) is 5.10 Å². The number of aliphatic hydroxyl groups is 1. The first kappa shape index (κ1) is 11.3. The van der Waals surface area contributed by atoms with Crippen LogP contribution in [0.4, 0.5) is 0 Å². The van der Waals surface area contributed by atoms with Crippen LogP contribution in [0.25, 0.3) is 21.9 Å². The number of hydrogen-bond acceptors (Lipinski definition) is 4. The van der Waals surface area contributed by atoms with E-state index in [1.54, 1.807) is 0 Å². The van der Waals surface area contributed by atoms with Gasteiger partial charge >= 0.3 is 0 Å². The standard InChI is InChI=1S/C13H15N3O2/c1-8(14)6-16-13-9(5-15-16)2-3-12-11(13)4-10(7-17)18-12/h2-5,8,17H,6-7,14H2,1H3/t8-/m0/s1. The second kappa shape index (κ2) is 4.12. The molecule has 5 nitrogen and oxygen atoms in total. The van der Waals surface area contributed by atoms with Gasteiger partial charge in [-0.15, -0.1) is 0 Å². The van der Waals surface area contributed by atoms with Crippen molar-refractivity contribution in [3.63, 3.8) is 0 Å². The number of benzene rings is 1. The zero-order chi connectivity index (χ0) is 12.7. The molecule has 0 saturated carbocycles. The first-order chi connectivity index (χ1) is 8.69. The molecule has 3 N–H and O–H groups in total. The van der Waals surface area contributed by atoms with Crippen molar-refractivity contribution in [3.05, 3.63) is 30.2 Å². The van der Waals surface area contributed by atoms with Crippen molar-refractivity contribution in [2.24, 2.45) is 5.73 Å². The van der Waals surface area contributed by atoms with Crippen LogP contribution < -0.4 is 5.73 Å². The monoisotopic (exact) mass is 245 g/mol. The molecule has 0 radical (unpaired) electrons. The first-order valence-corrected chi connectivity index (χ1v) is 5.92. The van der Waals surface area contributed by atoms with Gasteiger partial charge in [-0.25, -0.2) is 0 Å². The van der Waals surface area contributed by atoms with E-state index in [2.05, 4.69) is 5.10 Å². The number of aliphatic hydroxyl groups excluding tert-OH is 1. The van der Waals surface area contributed by atoms with Crippen molar-refractivity contribution >= 4 is 21.9 Å². The summed E-state index contributed by atoms with van der Waals surface area (Å²) >= 11 is 0. The van der Waals surface area contributed by atoms with E-state index in [1.807, 2.05) is 36.0 Å². The van der Waals surface area contributed by atoms with Crippen LogP contribution in [0.2, 0.25) is 0 Å². The van der Waals surface area contributed by atoms with E-state index in [0.717, 1.165) is 21.9 Å². The molecular weight excluding hydrogens is 230 g/mol. The number of nitrogens with zero attached hydrogens (tertiary/aromatic N) is 2. The van der Waals surface area contributed by atoms with Gasteiger partial charge in [-0.05, 0) is 25.1 Å². The van der Waals surface area contributed by atoms with Crippen LogP contribution in [-0.4, -0.2) is 20.9 Å². The lowest BCUT2D eigenvalue weighted by molar-refractivity contribution is 0.251. The van der Waals surface area contributed by atoms with Crippen LogP contribution in [0.1, 0.15) is 12.7 Å². The molecule has 3 rings (SSSR count). The number of rotatable bonds is 3. The molecule has 0 aliphatic carbocycles. The van der Waals surface area contributed by atoms with E-state index in [0.29, 0.717) is 12.3 Å². The number of furan rings is 1. The summed E-state index contributed by atoms with van der Waals surface area (Å²) in [5.74, 6) is 0.561. The summed E-state index contributed by atoms with van der Waals surface area (Å²) in [6, 6.07) is 5.76. The van der Waals surface area contributed by atoms with Crippen molar-refractivity contribution < 1.29 is 9.52 Å². The molecule has 0 amide bonds. The summed E-state index contributed by atoms with van der Waals surface area (Å²) in [5, 5.41) is 15.5. The Balaban J connectivity index is 2.29. The van der Waals surface area contributed by atoms with Gasteiger partial charge in [-0.3, -0.25) is 4.68 Å². The summed E-state index contributed by atoms with van der Waals surface area (Å²) in [6.07, 6.45) is 1.82. The minimum atomic E-state index is -0.0996. The number of fused-ring (bicyclic) bond motifs is 3. The van der Waals surface area contributed by atoms with Crippen molar-refractivity contribution in [1.29, 1.82) is 0 Å². The van der Waals surface area contributed by atoms with Gasteiger partial charge < -0.3 is 15.3 Å². The average Bonchev–Trinajstić information content (AvgIpc) is 2.91. The van der Waals surface area contributed by atoms with Crippen molar-refractivity contribution in [2.75, 3.05) is 0 Å². The summed E-state index contributed by atoms with van der Waals surface area (Å²) in [6.45, 7) is 2.50. The lowest BCUT2D eigenvalue weighted by Crippen LogP contribution is -2.22. The Morgan fingerprint density at radius 1 is 1.50 bits per heavy atom.